The zero-order chi connectivity index (χ0) is 15.1. The summed E-state index contributed by atoms with van der Waals surface area (Å²) < 4.78 is 13.4. The number of benzene rings is 2. The van der Waals surface area contributed by atoms with E-state index in [9.17, 15) is 9.18 Å². The topological polar surface area (TPSA) is 55.1 Å². The molecule has 3 N–H and O–H groups in total. The molecule has 0 saturated heterocycles. The quantitative estimate of drug-likeness (QED) is 0.857. The van der Waals surface area contributed by atoms with Crippen LogP contribution >= 0.6 is 0 Å². The highest BCUT2D eigenvalue weighted by Crippen LogP contribution is 2.13. The maximum atomic E-state index is 13.4. The highest BCUT2D eigenvalue weighted by atomic mass is 19.1. The van der Waals surface area contributed by atoms with Crippen molar-refractivity contribution in [3.8, 4) is 0 Å². The highest BCUT2D eigenvalue weighted by Gasteiger charge is 2.11. The molecule has 2 aromatic rings. The van der Waals surface area contributed by atoms with Gasteiger partial charge in [-0.2, -0.15) is 0 Å². The van der Waals surface area contributed by atoms with Crippen molar-refractivity contribution in [2.45, 2.75) is 18.9 Å². The molecule has 0 spiro atoms. The van der Waals surface area contributed by atoms with Gasteiger partial charge in [0.25, 0.3) is 0 Å². The molecule has 2 aromatic carbocycles. The van der Waals surface area contributed by atoms with E-state index < -0.39 is 0 Å². The maximum Gasteiger partial charge on any atom is 0.221 e. The van der Waals surface area contributed by atoms with Crippen LogP contribution in [0.3, 0.4) is 0 Å². The lowest BCUT2D eigenvalue weighted by molar-refractivity contribution is -0.121. The fourth-order valence-electron chi connectivity index (χ4n) is 2.13. The van der Waals surface area contributed by atoms with Gasteiger partial charge in [0.2, 0.25) is 5.91 Å². The number of amides is 1. The van der Waals surface area contributed by atoms with Gasteiger partial charge in [-0.1, -0.05) is 48.5 Å². The molecule has 0 aliphatic heterocycles. The number of rotatable bonds is 6. The van der Waals surface area contributed by atoms with E-state index in [1.54, 1.807) is 18.2 Å². The molecule has 3 nitrogen and oxygen atoms in total. The first kappa shape index (κ1) is 15.2. The van der Waals surface area contributed by atoms with Crippen molar-refractivity contribution in [2.75, 3.05) is 6.54 Å². The van der Waals surface area contributed by atoms with Crippen LogP contribution in [0.2, 0.25) is 0 Å². The van der Waals surface area contributed by atoms with Gasteiger partial charge in [0.05, 0.1) is 0 Å². The van der Waals surface area contributed by atoms with Gasteiger partial charge < -0.3 is 11.1 Å². The van der Waals surface area contributed by atoms with Crippen molar-refractivity contribution in [1.29, 1.82) is 0 Å². The number of hydrogen-bond acceptors (Lipinski definition) is 2. The van der Waals surface area contributed by atoms with E-state index in [0.29, 0.717) is 18.5 Å². The van der Waals surface area contributed by atoms with Gasteiger partial charge in [-0.05, 0) is 23.6 Å². The molecular weight excluding hydrogens is 267 g/mol. The Morgan fingerprint density at radius 1 is 1.10 bits per heavy atom. The molecule has 0 saturated carbocycles. The van der Waals surface area contributed by atoms with Gasteiger partial charge >= 0.3 is 0 Å². The molecule has 21 heavy (non-hydrogen) atoms. The van der Waals surface area contributed by atoms with Crippen molar-refractivity contribution in [3.63, 3.8) is 0 Å². The number of nitrogens with two attached hydrogens (primary N) is 1. The fraction of sp³-hybridized carbons (Fsp3) is 0.235. The molecule has 110 valence electrons. The minimum Gasteiger partial charge on any atom is -0.356 e. The number of carbonyl (C=O) groups is 1. The number of halogens is 1. The first-order valence-corrected chi connectivity index (χ1v) is 6.97. The molecule has 0 heterocycles. The van der Waals surface area contributed by atoms with Crippen molar-refractivity contribution in [2.24, 2.45) is 5.73 Å². The van der Waals surface area contributed by atoms with E-state index in [1.807, 2.05) is 30.3 Å². The zero-order valence-corrected chi connectivity index (χ0v) is 11.8. The third kappa shape index (κ3) is 4.68. The Hall–Kier alpha value is -2.20. The number of nitrogens with one attached hydrogen (secondary N) is 1. The Morgan fingerprint density at radius 2 is 1.76 bits per heavy atom. The van der Waals surface area contributed by atoms with Crippen LogP contribution in [0.15, 0.2) is 54.6 Å². The third-order valence-electron chi connectivity index (χ3n) is 3.31. The summed E-state index contributed by atoms with van der Waals surface area (Å²) in [4.78, 5) is 11.8. The molecule has 0 bridgehead atoms. The van der Waals surface area contributed by atoms with E-state index >= 15 is 0 Å². The second-order valence-electron chi connectivity index (χ2n) is 4.91. The van der Waals surface area contributed by atoms with Crippen LogP contribution in [0.5, 0.6) is 0 Å². The van der Waals surface area contributed by atoms with E-state index in [4.69, 9.17) is 5.73 Å². The minimum atomic E-state index is -0.320. The number of hydrogen-bond donors (Lipinski definition) is 2. The SMILES string of the molecule is NC(CC(=O)NCCc1ccccc1F)c1ccccc1. The van der Waals surface area contributed by atoms with Gasteiger partial charge in [0.1, 0.15) is 5.82 Å². The molecule has 0 aliphatic carbocycles. The van der Waals surface area contributed by atoms with E-state index in [2.05, 4.69) is 5.32 Å². The predicted octanol–water partition coefficient (Wildman–Crippen LogP) is 2.57. The summed E-state index contributed by atoms with van der Waals surface area (Å²) in [5.41, 5.74) is 7.52. The fourth-order valence-corrected chi connectivity index (χ4v) is 2.13. The minimum absolute atomic E-state index is 0.123. The summed E-state index contributed by atoms with van der Waals surface area (Å²) in [5.74, 6) is -0.365. The molecular formula is C17H19FN2O. The van der Waals surface area contributed by atoms with Crippen molar-refractivity contribution in [1.82, 2.24) is 5.32 Å². The summed E-state index contributed by atoms with van der Waals surface area (Å²) >= 11 is 0. The van der Waals surface area contributed by atoms with Crippen LogP contribution in [-0.4, -0.2) is 12.5 Å². The van der Waals surface area contributed by atoms with Crippen LogP contribution in [0, 0.1) is 5.82 Å². The molecule has 1 amide bonds. The Morgan fingerprint density at radius 3 is 2.48 bits per heavy atom. The summed E-state index contributed by atoms with van der Waals surface area (Å²) in [5, 5.41) is 2.77. The monoisotopic (exact) mass is 286 g/mol. The van der Waals surface area contributed by atoms with Gasteiger partial charge in [-0.15, -0.1) is 0 Å². The summed E-state index contributed by atoms with van der Waals surface area (Å²) in [6.45, 7) is 0.404. The molecule has 1 unspecified atom stereocenters. The van der Waals surface area contributed by atoms with Crippen molar-refractivity contribution < 1.29 is 9.18 Å². The third-order valence-corrected chi connectivity index (χ3v) is 3.31. The van der Waals surface area contributed by atoms with Crippen molar-refractivity contribution in [3.05, 3.63) is 71.5 Å². The average Bonchev–Trinajstić information content (AvgIpc) is 2.50. The number of carbonyl (C=O) groups excluding carboxylic acids is 1. The van der Waals surface area contributed by atoms with E-state index in [0.717, 1.165) is 5.56 Å². The summed E-state index contributed by atoms with van der Waals surface area (Å²) in [6.07, 6.45) is 0.695. The second-order valence-corrected chi connectivity index (χ2v) is 4.91. The molecule has 0 aromatic heterocycles. The van der Waals surface area contributed by atoms with Crippen molar-refractivity contribution >= 4 is 5.91 Å². The van der Waals surface area contributed by atoms with E-state index in [1.165, 1.54) is 6.07 Å². The van der Waals surface area contributed by atoms with E-state index in [-0.39, 0.29) is 24.2 Å². The molecule has 1 atom stereocenters. The largest absolute Gasteiger partial charge is 0.356 e. The van der Waals surface area contributed by atoms with Crippen LogP contribution in [-0.2, 0) is 11.2 Å². The summed E-state index contributed by atoms with van der Waals surface area (Å²) in [6, 6.07) is 15.7. The average molecular weight is 286 g/mol. The molecule has 0 aliphatic rings. The molecule has 2 rings (SSSR count). The standard InChI is InChI=1S/C17H19FN2O/c18-15-9-5-4-6-13(15)10-11-20-17(21)12-16(19)14-7-2-1-3-8-14/h1-9,16H,10-12,19H2,(H,20,21). The van der Waals surface area contributed by atoms with Gasteiger partial charge in [-0.25, -0.2) is 4.39 Å². The second kappa shape index (κ2) is 7.55. The molecule has 4 heteroatoms. The van der Waals surface area contributed by atoms with Crippen LogP contribution in [0.1, 0.15) is 23.6 Å². The summed E-state index contributed by atoms with van der Waals surface area (Å²) in [7, 11) is 0. The molecule has 0 radical (unpaired) electrons. The predicted molar refractivity (Wildman–Crippen MR) is 81.1 cm³/mol. The lowest BCUT2D eigenvalue weighted by Gasteiger charge is -2.12. The van der Waals surface area contributed by atoms with Gasteiger partial charge in [0, 0.05) is 19.0 Å². The van der Waals surface area contributed by atoms with Gasteiger partial charge in [0.15, 0.2) is 0 Å². The Bertz CT molecular complexity index is 586. The Balaban J connectivity index is 1.76. The normalized spacial score (nSPS) is 11.9. The zero-order valence-electron chi connectivity index (χ0n) is 11.8. The molecule has 0 fully saturated rings. The van der Waals surface area contributed by atoms with Crippen LogP contribution < -0.4 is 11.1 Å². The highest BCUT2D eigenvalue weighted by molar-refractivity contribution is 5.76. The maximum absolute atomic E-state index is 13.4. The lowest BCUT2D eigenvalue weighted by Crippen LogP contribution is -2.29. The first-order valence-electron chi connectivity index (χ1n) is 6.97. The lowest BCUT2D eigenvalue weighted by atomic mass is 10.0. The smallest absolute Gasteiger partial charge is 0.221 e. The Kier molecular flexibility index (Phi) is 5.46. The van der Waals surface area contributed by atoms with Gasteiger partial charge in [-0.3, -0.25) is 4.79 Å². The first-order chi connectivity index (χ1) is 10.2. The Labute approximate surface area is 124 Å². The van der Waals surface area contributed by atoms with Crippen LogP contribution in [0.4, 0.5) is 4.39 Å². The van der Waals surface area contributed by atoms with Crippen LogP contribution in [0.25, 0.3) is 0 Å².